The number of ether oxygens (including phenoxy) is 2. The highest BCUT2D eigenvalue weighted by atomic mass is 16.5. The zero-order chi connectivity index (χ0) is 16.1. The fourth-order valence-electron chi connectivity index (χ4n) is 2.06. The first-order chi connectivity index (χ1) is 10.5. The van der Waals surface area contributed by atoms with E-state index in [1.54, 1.807) is 44.4 Å². The Kier molecular flexibility index (Phi) is 4.83. The molecular formula is C16H18N2O4. The van der Waals surface area contributed by atoms with Gasteiger partial charge < -0.3 is 19.8 Å². The van der Waals surface area contributed by atoms with Gasteiger partial charge in [0, 0.05) is 11.3 Å². The van der Waals surface area contributed by atoms with Crippen molar-refractivity contribution in [1.29, 1.82) is 0 Å². The highest BCUT2D eigenvalue weighted by Crippen LogP contribution is 2.24. The summed E-state index contributed by atoms with van der Waals surface area (Å²) >= 11 is 0. The molecule has 0 aliphatic carbocycles. The molecule has 0 saturated carbocycles. The molecule has 1 heterocycles. The molecule has 6 nitrogen and oxygen atoms in total. The summed E-state index contributed by atoms with van der Waals surface area (Å²) in [6, 6.07) is 8.53. The van der Waals surface area contributed by atoms with Crippen LogP contribution in [0.3, 0.4) is 0 Å². The van der Waals surface area contributed by atoms with Crippen LogP contribution < -0.4 is 20.3 Å². The van der Waals surface area contributed by atoms with Gasteiger partial charge in [-0.05, 0) is 37.3 Å². The van der Waals surface area contributed by atoms with Crippen molar-refractivity contribution in [1.82, 2.24) is 4.98 Å². The van der Waals surface area contributed by atoms with Crippen LogP contribution >= 0.6 is 0 Å². The van der Waals surface area contributed by atoms with Gasteiger partial charge in [-0.3, -0.25) is 9.59 Å². The average Bonchev–Trinajstić information content (AvgIpc) is 2.50. The number of carbonyl (C=O) groups excluding carboxylic acids is 1. The quantitative estimate of drug-likeness (QED) is 0.883. The van der Waals surface area contributed by atoms with Crippen molar-refractivity contribution in [3.05, 3.63) is 51.9 Å². The second kappa shape index (κ2) is 6.80. The molecule has 2 aromatic rings. The van der Waals surface area contributed by atoms with Crippen molar-refractivity contribution in [2.75, 3.05) is 19.5 Å². The lowest BCUT2D eigenvalue weighted by Crippen LogP contribution is -2.21. The molecule has 0 spiro atoms. The number of hydrogen-bond donors (Lipinski definition) is 2. The summed E-state index contributed by atoms with van der Waals surface area (Å²) in [5, 5.41) is 2.60. The van der Waals surface area contributed by atoms with Crippen LogP contribution in [0.5, 0.6) is 11.5 Å². The van der Waals surface area contributed by atoms with Crippen LogP contribution in [0.2, 0.25) is 0 Å². The Morgan fingerprint density at radius 3 is 2.59 bits per heavy atom. The fourth-order valence-corrected chi connectivity index (χ4v) is 2.06. The summed E-state index contributed by atoms with van der Waals surface area (Å²) in [4.78, 5) is 26.5. The Hall–Kier alpha value is -2.76. The standard InChI is InChI=1S/C16H18N2O4/c1-10-4-6-13(16(20)17-10)18-15(19)9-11-8-12(21-2)5-7-14(11)22-3/h4-8H,9H2,1-3H3,(H,17,20)(H,18,19). The van der Waals surface area contributed by atoms with Crippen molar-refractivity contribution in [3.8, 4) is 11.5 Å². The molecule has 6 heteroatoms. The number of aryl methyl sites for hydroxylation is 1. The highest BCUT2D eigenvalue weighted by molar-refractivity contribution is 5.92. The molecule has 0 aliphatic heterocycles. The Balaban J connectivity index is 2.16. The summed E-state index contributed by atoms with van der Waals surface area (Å²) in [6.07, 6.45) is 0.0771. The number of aromatic amines is 1. The van der Waals surface area contributed by atoms with Crippen LogP contribution in [0, 0.1) is 6.92 Å². The van der Waals surface area contributed by atoms with Crippen molar-refractivity contribution in [2.24, 2.45) is 0 Å². The first-order valence-corrected chi connectivity index (χ1v) is 6.74. The summed E-state index contributed by atoms with van der Waals surface area (Å²) in [5.41, 5.74) is 1.31. The predicted molar refractivity (Wildman–Crippen MR) is 83.7 cm³/mol. The van der Waals surface area contributed by atoms with Gasteiger partial charge in [-0.2, -0.15) is 0 Å². The third-order valence-corrected chi connectivity index (χ3v) is 3.17. The van der Waals surface area contributed by atoms with Crippen LogP contribution in [0.15, 0.2) is 35.1 Å². The van der Waals surface area contributed by atoms with Crippen molar-refractivity contribution >= 4 is 11.6 Å². The minimum atomic E-state index is -0.328. The maximum atomic E-state index is 12.1. The molecule has 2 rings (SSSR count). The smallest absolute Gasteiger partial charge is 0.271 e. The summed E-state index contributed by atoms with van der Waals surface area (Å²) in [7, 11) is 3.09. The molecule has 22 heavy (non-hydrogen) atoms. The van der Waals surface area contributed by atoms with Crippen molar-refractivity contribution in [2.45, 2.75) is 13.3 Å². The number of rotatable bonds is 5. The third kappa shape index (κ3) is 3.66. The van der Waals surface area contributed by atoms with Gasteiger partial charge in [0.15, 0.2) is 0 Å². The number of methoxy groups -OCH3 is 2. The molecule has 0 aliphatic rings. The Bertz CT molecular complexity index is 737. The van der Waals surface area contributed by atoms with Gasteiger partial charge in [0.05, 0.1) is 20.6 Å². The highest BCUT2D eigenvalue weighted by Gasteiger charge is 2.12. The largest absolute Gasteiger partial charge is 0.497 e. The van der Waals surface area contributed by atoms with Gasteiger partial charge in [-0.25, -0.2) is 0 Å². The Morgan fingerprint density at radius 2 is 1.95 bits per heavy atom. The number of anilines is 1. The number of H-pyrrole nitrogens is 1. The molecule has 0 radical (unpaired) electrons. The molecule has 116 valence electrons. The van der Waals surface area contributed by atoms with E-state index in [2.05, 4.69) is 10.3 Å². The zero-order valence-corrected chi connectivity index (χ0v) is 12.7. The molecule has 0 unspecified atom stereocenters. The van der Waals surface area contributed by atoms with E-state index in [9.17, 15) is 9.59 Å². The topological polar surface area (TPSA) is 80.4 Å². The molecule has 2 N–H and O–H groups in total. The van der Waals surface area contributed by atoms with E-state index in [1.807, 2.05) is 0 Å². The average molecular weight is 302 g/mol. The summed E-state index contributed by atoms with van der Waals surface area (Å²) in [6.45, 7) is 1.77. The van der Waals surface area contributed by atoms with E-state index in [0.29, 0.717) is 17.1 Å². The van der Waals surface area contributed by atoms with Gasteiger partial charge >= 0.3 is 0 Å². The van der Waals surface area contributed by atoms with E-state index in [4.69, 9.17) is 9.47 Å². The van der Waals surface area contributed by atoms with Crippen LogP contribution in [0.25, 0.3) is 0 Å². The number of benzene rings is 1. The number of carbonyl (C=O) groups is 1. The van der Waals surface area contributed by atoms with E-state index in [1.165, 1.54) is 7.11 Å². The van der Waals surface area contributed by atoms with E-state index >= 15 is 0 Å². The van der Waals surface area contributed by atoms with Gasteiger partial charge in [-0.15, -0.1) is 0 Å². The third-order valence-electron chi connectivity index (χ3n) is 3.17. The number of amides is 1. The second-order valence-electron chi connectivity index (χ2n) is 4.79. The van der Waals surface area contributed by atoms with Crippen LogP contribution in [-0.4, -0.2) is 25.1 Å². The van der Waals surface area contributed by atoms with E-state index < -0.39 is 0 Å². The van der Waals surface area contributed by atoms with Gasteiger partial charge in [-0.1, -0.05) is 0 Å². The zero-order valence-electron chi connectivity index (χ0n) is 12.7. The maximum Gasteiger partial charge on any atom is 0.271 e. The Labute approximate surface area is 128 Å². The first kappa shape index (κ1) is 15.6. The Morgan fingerprint density at radius 1 is 1.18 bits per heavy atom. The lowest BCUT2D eigenvalue weighted by Gasteiger charge is -2.10. The first-order valence-electron chi connectivity index (χ1n) is 6.74. The van der Waals surface area contributed by atoms with Crippen molar-refractivity contribution < 1.29 is 14.3 Å². The SMILES string of the molecule is COc1ccc(OC)c(CC(=O)Nc2ccc(C)[nH]c2=O)c1. The molecule has 0 saturated heterocycles. The molecule has 1 aromatic carbocycles. The molecule has 0 bridgehead atoms. The van der Waals surface area contributed by atoms with Gasteiger partial charge in [0.1, 0.15) is 17.2 Å². The lowest BCUT2D eigenvalue weighted by atomic mass is 10.1. The fraction of sp³-hybridized carbons (Fsp3) is 0.250. The van der Waals surface area contributed by atoms with E-state index in [-0.39, 0.29) is 23.6 Å². The second-order valence-corrected chi connectivity index (χ2v) is 4.79. The minimum absolute atomic E-state index is 0.0771. The number of hydrogen-bond acceptors (Lipinski definition) is 4. The van der Waals surface area contributed by atoms with Gasteiger partial charge in [0.2, 0.25) is 5.91 Å². The number of aromatic nitrogens is 1. The summed E-state index contributed by atoms with van der Waals surface area (Å²) < 4.78 is 10.4. The van der Waals surface area contributed by atoms with Crippen LogP contribution in [0.4, 0.5) is 5.69 Å². The molecule has 0 fully saturated rings. The van der Waals surface area contributed by atoms with Crippen LogP contribution in [-0.2, 0) is 11.2 Å². The lowest BCUT2D eigenvalue weighted by molar-refractivity contribution is -0.115. The van der Waals surface area contributed by atoms with Gasteiger partial charge in [0.25, 0.3) is 5.56 Å². The molecule has 0 atom stereocenters. The van der Waals surface area contributed by atoms with E-state index in [0.717, 1.165) is 5.69 Å². The van der Waals surface area contributed by atoms with Crippen LogP contribution in [0.1, 0.15) is 11.3 Å². The summed E-state index contributed by atoms with van der Waals surface area (Å²) in [5.74, 6) is 0.923. The number of nitrogens with one attached hydrogen (secondary N) is 2. The van der Waals surface area contributed by atoms with Crippen molar-refractivity contribution in [3.63, 3.8) is 0 Å². The maximum absolute atomic E-state index is 12.1. The monoisotopic (exact) mass is 302 g/mol. The normalized spacial score (nSPS) is 10.1. The molecular weight excluding hydrogens is 284 g/mol. The molecule has 1 aromatic heterocycles. The minimum Gasteiger partial charge on any atom is -0.497 e. The molecule has 1 amide bonds. The number of pyridine rings is 1. The predicted octanol–water partition coefficient (Wildman–Crippen LogP) is 1.88.